The van der Waals surface area contributed by atoms with Crippen molar-refractivity contribution in [1.29, 1.82) is 0 Å². The first-order valence-corrected chi connectivity index (χ1v) is 9.00. The third kappa shape index (κ3) is 5.05. The van der Waals surface area contributed by atoms with E-state index in [9.17, 15) is 9.90 Å². The quantitative estimate of drug-likeness (QED) is 0.834. The monoisotopic (exact) mass is 358 g/mol. The fraction of sp³-hybridized carbons (Fsp3) is 0.350. The lowest BCUT2D eigenvalue weighted by atomic mass is 9.99. The van der Waals surface area contributed by atoms with Crippen molar-refractivity contribution in [3.63, 3.8) is 0 Å². The molecule has 1 amide bonds. The lowest BCUT2D eigenvalue weighted by molar-refractivity contribution is 0.0892. The number of rotatable bonds is 6. The minimum atomic E-state index is -0.454. The van der Waals surface area contributed by atoms with E-state index in [-0.39, 0.29) is 5.91 Å². The van der Waals surface area contributed by atoms with Crippen molar-refractivity contribution in [3.05, 3.63) is 70.2 Å². The van der Waals surface area contributed by atoms with Crippen molar-refractivity contribution in [2.24, 2.45) is 0 Å². The van der Waals surface area contributed by atoms with Gasteiger partial charge >= 0.3 is 0 Å². The lowest BCUT2D eigenvalue weighted by Gasteiger charge is -2.30. The maximum atomic E-state index is 12.0. The van der Waals surface area contributed by atoms with Gasteiger partial charge in [0.2, 0.25) is 0 Å². The molecule has 1 heterocycles. The molecule has 1 atom stereocenters. The van der Waals surface area contributed by atoms with Gasteiger partial charge in [-0.15, -0.1) is 0 Å². The van der Waals surface area contributed by atoms with Crippen molar-refractivity contribution in [2.75, 3.05) is 19.6 Å². The van der Waals surface area contributed by atoms with E-state index in [1.807, 2.05) is 0 Å². The second-order valence-corrected chi connectivity index (χ2v) is 6.90. The highest BCUT2D eigenvalue weighted by atomic mass is 35.5. The molecular formula is C20H23ClN2O2. The fourth-order valence-electron chi connectivity index (χ4n) is 3.18. The van der Waals surface area contributed by atoms with Crippen LogP contribution in [0.1, 0.15) is 27.9 Å². The molecule has 2 aromatic carbocycles. The molecule has 2 N–H and O–H groups in total. The Morgan fingerprint density at radius 1 is 1.20 bits per heavy atom. The van der Waals surface area contributed by atoms with Gasteiger partial charge in [-0.1, -0.05) is 41.9 Å². The van der Waals surface area contributed by atoms with Gasteiger partial charge in [-0.05, 0) is 42.2 Å². The largest absolute Gasteiger partial charge is 0.392 e. The maximum absolute atomic E-state index is 12.0. The van der Waals surface area contributed by atoms with Crippen LogP contribution in [0.2, 0.25) is 5.02 Å². The summed E-state index contributed by atoms with van der Waals surface area (Å²) < 4.78 is 0. The molecule has 1 unspecified atom stereocenters. The lowest BCUT2D eigenvalue weighted by Crippen LogP contribution is -2.38. The number of halogens is 1. The van der Waals surface area contributed by atoms with Crippen LogP contribution >= 0.6 is 11.6 Å². The molecule has 1 aliphatic heterocycles. The smallest absolute Gasteiger partial charge is 0.251 e. The van der Waals surface area contributed by atoms with E-state index in [0.29, 0.717) is 30.1 Å². The van der Waals surface area contributed by atoms with Crippen molar-refractivity contribution in [1.82, 2.24) is 10.2 Å². The number of carbonyl (C=O) groups is 1. The molecule has 0 fully saturated rings. The Morgan fingerprint density at radius 2 is 2.00 bits per heavy atom. The number of carbonyl (C=O) groups excluding carboxylic acids is 1. The Morgan fingerprint density at radius 3 is 2.80 bits per heavy atom. The minimum absolute atomic E-state index is 0.165. The zero-order chi connectivity index (χ0) is 17.6. The summed E-state index contributed by atoms with van der Waals surface area (Å²) in [5.74, 6) is -0.165. The van der Waals surface area contributed by atoms with E-state index in [0.717, 1.165) is 19.5 Å². The Kier molecular flexibility index (Phi) is 6.08. The van der Waals surface area contributed by atoms with Crippen LogP contribution in [0, 0.1) is 0 Å². The standard InChI is InChI=1S/C20H23ClN2O2/c21-18-7-3-6-16(12-18)20(25)22-10-8-19(24)14-23-11-9-15-4-1-2-5-17(15)13-23/h1-7,12,19,24H,8-11,13-14H2,(H,22,25). The van der Waals surface area contributed by atoms with E-state index in [2.05, 4.69) is 34.5 Å². The third-order valence-electron chi connectivity index (χ3n) is 4.53. The van der Waals surface area contributed by atoms with Gasteiger partial charge in [0.05, 0.1) is 6.10 Å². The number of β-amino-alcohol motifs (C(OH)–C–C–N with tert-alkyl or cyclic N) is 1. The molecule has 0 saturated heterocycles. The van der Waals surface area contributed by atoms with Gasteiger partial charge in [-0.3, -0.25) is 9.69 Å². The summed E-state index contributed by atoms with van der Waals surface area (Å²) in [5.41, 5.74) is 3.28. The van der Waals surface area contributed by atoms with Crippen molar-refractivity contribution < 1.29 is 9.90 Å². The Hall–Kier alpha value is -1.88. The number of nitrogens with zero attached hydrogens (tertiary/aromatic N) is 1. The number of aliphatic hydroxyl groups is 1. The predicted octanol–water partition coefficient (Wildman–Crippen LogP) is 2.88. The molecule has 132 valence electrons. The van der Waals surface area contributed by atoms with Gasteiger partial charge in [0, 0.05) is 36.8 Å². The van der Waals surface area contributed by atoms with Crippen LogP contribution in [-0.4, -0.2) is 41.7 Å². The molecule has 2 aromatic rings. The van der Waals surface area contributed by atoms with E-state index in [1.165, 1.54) is 11.1 Å². The normalized spacial score (nSPS) is 15.4. The number of benzene rings is 2. The number of amides is 1. The van der Waals surface area contributed by atoms with Crippen LogP contribution in [0.4, 0.5) is 0 Å². The highest BCUT2D eigenvalue weighted by molar-refractivity contribution is 6.30. The number of hydrogen-bond donors (Lipinski definition) is 2. The van der Waals surface area contributed by atoms with Gasteiger partial charge in [-0.2, -0.15) is 0 Å². The molecule has 0 bridgehead atoms. The van der Waals surface area contributed by atoms with Crippen molar-refractivity contribution in [3.8, 4) is 0 Å². The number of nitrogens with one attached hydrogen (secondary N) is 1. The van der Waals surface area contributed by atoms with Gasteiger partial charge in [-0.25, -0.2) is 0 Å². The van der Waals surface area contributed by atoms with Crippen LogP contribution in [-0.2, 0) is 13.0 Å². The van der Waals surface area contributed by atoms with Crippen LogP contribution in [0.15, 0.2) is 48.5 Å². The van der Waals surface area contributed by atoms with Gasteiger partial charge in [0.1, 0.15) is 0 Å². The van der Waals surface area contributed by atoms with E-state index in [1.54, 1.807) is 24.3 Å². The molecule has 0 radical (unpaired) electrons. The average Bonchev–Trinajstić information content (AvgIpc) is 2.61. The number of hydrogen-bond acceptors (Lipinski definition) is 3. The van der Waals surface area contributed by atoms with Gasteiger partial charge in [0.25, 0.3) is 5.91 Å². The summed E-state index contributed by atoms with van der Waals surface area (Å²) in [6, 6.07) is 15.3. The molecule has 25 heavy (non-hydrogen) atoms. The van der Waals surface area contributed by atoms with Crippen LogP contribution in [0.25, 0.3) is 0 Å². The van der Waals surface area contributed by atoms with Crippen molar-refractivity contribution in [2.45, 2.75) is 25.5 Å². The highest BCUT2D eigenvalue weighted by Gasteiger charge is 2.18. The predicted molar refractivity (Wildman–Crippen MR) is 99.8 cm³/mol. The molecule has 3 rings (SSSR count). The fourth-order valence-corrected chi connectivity index (χ4v) is 3.37. The minimum Gasteiger partial charge on any atom is -0.392 e. The van der Waals surface area contributed by atoms with Gasteiger partial charge < -0.3 is 10.4 Å². The van der Waals surface area contributed by atoms with Crippen molar-refractivity contribution >= 4 is 17.5 Å². The molecule has 4 nitrogen and oxygen atoms in total. The second-order valence-electron chi connectivity index (χ2n) is 6.46. The number of fused-ring (bicyclic) bond motifs is 1. The zero-order valence-electron chi connectivity index (χ0n) is 14.1. The Bertz CT molecular complexity index is 735. The summed E-state index contributed by atoms with van der Waals surface area (Å²) >= 11 is 5.89. The summed E-state index contributed by atoms with van der Waals surface area (Å²) in [6.07, 6.45) is 1.10. The summed E-state index contributed by atoms with van der Waals surface area (Å²) in [7, 11) is 0. The SMILES string of the molecule is O=C(NCCC(O)CN1CCc2ccccc2C1)c1cccc(Cl)c1. The Balaban J connectivity index is 1.41. The molecule has 0 aliphatic carbocycles. The van der Waals surface area contributed by atoms with Crippen LogP contribution in [0.3, 0.4) is 0 Å². The first kappa shape index (κ1) is 17.9. The summed E-state index contributed by atoms with van der Waals surface area (Å²) in [6.45, 7) is 2.91. The first-order valence-electron chi connectivity index (χ1n) is 8.63. The second kappa shape index (κ2) is 8.48. The summed E-state index contributed by atoms with van der Waals surface area (Å²) in [4.78, 5) is 14.3. The van der Waals surface area contributed by atoms with Crippen LogP contribution in [0.5, 0.6) is 0 Å². The van der Waals surface area contributed by atoms with E-state index >= 15 is 0 Å². The molecule has 5 heteroatoms. The molecule has 0 spiro atoms. The van der Waals surface area contributed by atoms with Gasteiger partial charge in [0.15, 0.2) is 0 Å². The third-order valence-corrected chi connectivity index (χ3v) is 4.76. The maximum Gasteiger partial charge on any atom is 0.251 e. The first-order chi connectivity index (χ1) is 12.1. The Labute approximate surface area is 153 Å². The molecule has 0 saturated carbocycles. The average molecular weight is 359 g/mol. The zero-order valence-corrected chi connectivity index (χ0v) is 14.9. The topological polar surface area (TPSA) is 52.6 Å². The summed E-state index contributed by atoms with van der Waals surface area (Å²) in [5, 5.41) is 13.6. The van der Waals surface area contributed by atoms with Crippen LogP contribution < -0.4 is 5.32 Å². The number of aliphatic hydroxyl groups excluding tert-OH is 1. The highest BCUT2D eigenvalue weighted by Crippen LogP contribution is 2.18. The molecule has 1 aliphatic rings. The van der Waals surface area contributed by atoms with E-state index in [4.69, 9.17) is 11.6 Å². The van der Waals surface area contributed by atoms with E-state index < -0.39 is 6.10 Å². The molecule has 0 aromatic heterocycles. The molecular weight excluding hydrogens is 336 g/mol.